The van der Waals surface area contributed by atoms with E-state index < -0.39 is 5.60 Å². The van der Waals surface area contributed by atoms with Crippen molar-refractivity contribution in [3.8, 4) is 0 Å². The van der Waals surface area contributed by atoms with Crippen LogP contribution in [0, 0.1) is 0 Å². The molecule has 0 spiro atoms. The van der Waals surface area contributed by atoms with E-state index in [0.29, 0.717) is 25.1 Å². The van der Waals surface area contributed by atoms with Gasteiger partial charge in [-0.1, -0.05) is 6.92 Å². The molecular formula is C10H13N3O2. The molecule has 15 heavy (non-hydrogen) atoms. The zero-order valence-electron chi connectivity index (χ0n) is 8.55. The highest BCUT2D eigenvalue weighted by Crippen LogP contribution is 2.25. The minimum atomic E-state index is -0.684. The topological polar surface area (TPSA) is 66.3 Å². The summed E-state index contributed by atoms with van der Waals surface area (Å²) in [5.74, 6) is -0.0944. The number of hydrogen-bond donors (Lipinski definition) is 1. The summed E-state index contributed by atoms with van der Waals surface area (Å²) in [5, 5.41) is 17.0. The molecular weight excluding hydrogens is 194 g/mol. The molecule has 0 aromatic carbocycles. The summed E-state index contributed by atoms with van der Waals surface area (Å²) in [4.78, 5) is 13.4. The number of hydrogen-bond acceptors (Lipinski definition) is 4. The van der Waals surface area contributed by atoms with Gasteiger partial charge in [0.15, 0.2) is 0 Å². The quantitative estimate of drug-likeness (QED) is 0.745. The van der Waals surface area contributed by atoms with Gasteiger partial charge in [0.1, 0.15) is 0 Å². The molecule has 2 rings (SSSR count). The first-order valence-corrected chi connectivity index (χ1v) is 4.93. The maximum atomic E-state index is 11.8. The Kier molecular flexibility index (Phi) is 2.40. The highest BCUT2D eigenvalue weighted by atomic mass is 16.3. The molecule has 5 nitrogen and oxygen atoms in total. The Labute approximate surface area is 87.7 Å². The van der Waals surface area contributed by atoms with Gasteiger partial charge >= 0.3 is 0 Å². The Morgan fingerprint density at radius 2 is 2.33 bits per heavy atom. The van der Waals surface area contributed by atoms with Crippen molar-refractivity contribution in [1.29, 1.82) is 0 Å². The summed E-state index contributed by atoms with van der Waals surface area (Å²) in [5.41, 5.74) is -0.168. The number of rotatable bonds is 2. The normalized spacial score (nSPS) is 18.4. The van der Waals surface area contributed by atoms with Crippen LogP contribution in [-0.2, 0) is 0 Å². The third-order valence-electron chi connectivity index (χ3n) is 2.75. The molecule has 80 valence electrons. The maximum Gasteiger partial charge on any atom is 0.255 e. The van der Waals surface area contributed by atoms with E-state index in [9.17, 15) is 9.90 Å². The first-order chi connectivity index (χ1) is 7.14. The van der Waals surface area contributed by atoms with Crippen LogP contribution in [0.5, 0.6) is 0 Å². The third-order valence-corrected chi connectivity index (χ3v) is 2.75. The summed E-state index contributed by atoms with van der Waals surface area (Å²) >= 11 is 0. The van der Waals surface area contributed by atoms with Crippen LogP contribution in [0.3, 0.4) is 0 Å². The van der Waals surface area contributed by atoms with Crippen LogP contribution >= 0.6 is 0 Å². The van der Waals surface area contributed by atoms with E-state index in [4.69, 9.17) is 0 Å². The van der Waals surface area contributed by atoms with Gasteiger partial charge in [-0.15, -0.1) is 0 Å². The highest BCUT2D eigenvalue weighted by Gasteiger charge is 2.42. The average molecular weight is 207 g/mol. The van der Waals surface area contributed by atoms with Crippen LogP contribution < -0.4 is 0 Å². The van der Waals surface area contributed by atoms with Crippen molar-refractivity contribution in [2.45, 2.75) is 18.9 Å². The molecule has 0 bridgehead atoms. The maximum absolute atomic E-state index is 11.8. The van der Waals surface area contributed by atoms with Gasteiger partial charge in [0.05, 0.1) is 36.6 Å². The van der Waals surface area contributed by atoms with Crippen LogP contribution in [0.1, 0.15) is 23.7 Å². The highest BCUT2D eigenvalue weighted by molar-refractivity contribution is 5.94. The van der Waals surface area contributed by atoms with E-state index in [2.05, 4.69) is 10.2 Å². The van der Waals surface area contributed by atoms with Crippen molar-refractivity contribution < 1.29 is 9.90 Å². The van der Waals surface area contributed by atoms with Crippen molar-refractivity contribution >= 4 is 5.91 Å². The molecule has 1 aromatic rings. The number of nitrogens with zero attached hydrogens (tertiary/aromatic N) is 3. The van der Waals surface area contributed by atoms with E-state index >= 15 is 0 Å². The van der Waals surface area contributed by atoms with E-state index in [1.54, 1.807) is 11.0 Å². The van der Waals surface area contributed by atoms with Gasteiger partial charge in [0.25, 0.3) is 5.91 Å². The zero-order valence-corrected chi connectivity index (χ0v) is 8.55. The Morgan fingerprint density at radius 3 is 2.87 bits per heavy atom. The fraction of sp³-hybridized carbons (Fsp3) is 0.500. The first kappa shape index (κ1) is 10.0. The fourth-order valence-corrected chi connectivity index (χ4v) is 1.63. The van der Waals surface area contributed by atoms with Crippen LogP contribution in [0.15, 0.2) is 18.5 Å². The molecule has 1 N–H and O–H groups in total. The predicted molar refractivity (Wildman–Crippen MR) is 53.2 cm³/mol. The predicted octanol–water partition coefficient (Wildman–Crippen LogP) is 0.0735. The number of aromatic nitrogens is 2. The summed E-state index contributed by atoms with van der Waals surface area (Å²) in [6.07, 6.45) is 3.59. The monoisotopic (exact) mass is 207 g/mol. The van der Waals surface area contributed by atoms with Crippen molar-refractivity contribution in [3.63, 3.8) is 0 Å². The number of amides is 1. The van der Waals surface area contributed by atoms with E-state index in [1.807, 2.05) is 6.92 Å². The van der Waals surface area contributed by atoms with Crippen LogP contribution in [0.25, 0.3) is 0 Å². The lowest BCUT2D eigenvalue weighted by atomic mass is 9.91. The molecule has 0 saturated carbocycles. The standard InChI is InChI=1S/C10H13N3O2/c1-2-10(15)6-13(7-10)9(14)8-3-4-11-12-5-8/h3-5,15H,2,6-7H2,1H3. The molecule has 0 unspecified atom stereocenters. The SMILES string of the molecule is CCC1(O)CN(C(=O)c2ccnnc2)C1. The van der Waals surface area contributed by atoms with Gasteiger partial charge in [-0.05, 0) is 12.5 Å². The summed E-state index contributed by atoms with van der Waals surface area (Å²) in [7, 11) is 0. The Hall–Kier alpha value is -1.49. The lowest BCUT2D eigenvalue weighted by Crippen LogP contribution is -2.63. The van der Waals surface area contributed by atoms with Crippen LogP contribution in [0.4, 0.5) is 0 Å². The minimum absolute atomic E-state index is 0.0944. The molecule has 1 amide bonds. The number of carbonyl (C=O) groups is 1. The minimum Gasteiger partial charge on any atom is -0.386 e. The van der Waals surface area contributed by atoms with Crippen molar-refractivity contribution in [1.82, 2.24) is 15.1 Å². The second-order valence-electron chi connectivity index (χ2n) is 3.87. The second kappa shape index (κ2) is 3.58. The first-order valence-electron chi connectivity index (χ1n) is 4.93. The number of β-amino-alcohol motifs (C(OH)–C–C–N with tert-alkyl or cyclic N) is 1. The van der Waals surface area contributed by atoms with Crippen molar-refractivity contribution in [3.05, 3.63) is 24.0 Å². The molecule has 1 aromatic heterocycles. The largest absolute Gasteiger partial charge is 0.386 e. The Balaban J connectivity index is 2.01. The average Bonchev–Trinajstić information content (AvgIpc) is 2.25. The second-order valence-corrected chi connectivity index (χ2v) is 3.87. The van der Waals surface area contributed by atoms with Gasteiger partial charge < -0.3 is 10.0 Å². The van der Waals surface area contributed by atoms with E-state index in [-0.39, 0.29) is 5.91 Å². The number of aliphatic hydroxyl groups is 1. The van der Waals surface area contributed by atoms with E-state index in [0.717, 1.165) is 0 Å². The summed E-state index contributed by atoms with van der Waals surface area (Å²) < 4.78 is 0. The number of carbonyl (C=O) groups excluding carboxylic acids is 1. The van der Waals surface area contributed by atoms with Crippen LogP contribution in [0.2, 0.25) is 0 Å². The molecule has 1 aliphatic heterocycles. The fourth-order valence-electron chi connectivity index (χ4n) is 1.63. The lowest BCUT2D eigenvalue weighted by molar-refractivity contribution is -0.0826. The van der Waals surface area contributed by atoms with E-state index in [1.165, 1.54) is 12.4 Å². The lowest BCUT2D eigenvalue weighted by Gasteiger charge is -2.46. The van der Waals surface area contributed by atoms with Crippen LogP contribution in [-0.4, -0.2) is 44.8 Å². The molecule has 1 aliphatic rings. The van der Waals surface area contributed by atoms with Gasteiger partial charge in [0.2, 0.25) is 0 Å². The van der Waals surface area contributed by atoms with Crippen molar-refractivity contribution in [2.24, 2.45) is 0 Å². The zero-order chi connectivity index (χ0) is 10.9. The smallest absolute Gasteiger partial charge is 0.255 e. The van der Waals surface area contributed by atoms with Gasteiger partial charge in [0, 0.05) is 0 Å². The summed E-state index contributed by atoms with van der Waals surface area (Å²) in [6.45, 7) is 2.73. The Morgan fingerprint density at radius 1 is 1.60 bits per heavy atom. The molecule has 5 heteroatoms. The molecule has 0 atom stereocenters. The van der Waals surface area contributed by atoms with Gasteiger partial charge in [-0.2, -0.15) is 10.2 Å². The molecule has 0 radical (unpaired) electrons. The molecule has 1 saturated heterocycles. The van der Waals surface area contributed by atoms with Gasteiger partial charge in [-0.3, -0.25) is 4.79 Å². The van der Waals surface area contributed by atoms with Crippen molar-refractivity contribution in [2.75, 3.05) is 13.1 Å². The molecule has 1 fully saturated rings. The molecule has 0 aliphatic carbocycles. The summed E-state index contributed by atoms with van der Waals surface area (Å²) in [6, 6.07) is 1.62. The Bertz CT molecular complexity index is 360. The van der Waals surface area contributed by atoms with Gasteiger partial charge in [-0.25, -0.2) is 0 Å². The number of likely N-dealkylation sites (tertiary alicyclic amines) is 1. The molecule has 2 heterocycles. The third kappa shape index (κ3) is 1.83.